The van der Waals surface area contributed by atoms with E-state index >= 15 is 0 Å². The second-order valence-corrected chi connectivity index (χ2v) is 6.14. The molecule has 124 valence electrons. The number of carbonyl (C=O) groups excluding carboxylic acids is 1. The van der Waals surface area contributed by atoms with Crippen molar-refractivity contribution in [2.45, 2.75) is 33.1 Å². The summed E-state index contributed by atoms with van der Waals surface area (Å²) >= 11 is 0. The van der Waals surface area contributed by atoms with E-state index in [0.717, 1.165) is 23.5 Å². The highest BCUT2D eigenvalue weighted by Gasteiger charge is 2.21. The number of nitrogens with one attached hydrogen (secondary N) is 2. The van der Waals surface area contributed by atoms with Crippen LogP contribution in [0.5, 0.6) is 0 Å². The van der Waals surface area contributed by atoms with Gasteiger partial charge in [0.15, 0.2) is 0 Å². The van der Waals surface area contributed by atoms with E-state index in [2.05, 4.69) is 48.3 Å². The third-order valence-corrected chi connectivity index (χ3v) is 4.36. The normalized spacial score (nSPS) is 14.5. The molecule has 1 aromatic carbocycles. The van der Waals surface area contributed by atoms with E-state index in [1.807, 2.05) is 25.1 Å². The highest BCUT2D eigenvalue weighted by atomic mass is 16.1. The molecule has 1 aromatic heterocycles. The zero-order chi connectivity index (χ0) is 17.3. The number of anilines is 2. The Bertz CT molecular complexity index is 814. The lowest BCUT2D eigenvalue weighted by atomic mass is 9.98. The topological polar surface area (TPSA) is 59.0 Å². The van der Waals surface area contributed by atoms with Crippen LogP contribution in [-0.2, 0) is 0 Å². The van der Waals surface area contributed by atoms with E-state index < -0.39 is 0 Å². The van der Waals surface area contributed by atoms with Gasteiger partial charge in [-0.25, -0.2) is 4.68 Å². The van der Waals surface area contributed by atoms with Gasteiger partial charge in [0, 0.05) is 17.1 Å². The van der Waals surface area contributed by atoms with Crippen LogP contribution in [0.1, 0.15) is 49.0 Å². The van der Waals surface area contributed by atoms with Gasteiger partial charge in [0.1, 0.15) is 11.4 Å². The number of allylic oxidation sites excluding steroid dienone is 2. The van der Waals surface area contributed by atoms with Gasteiger partial charge in [-0.1, -0.05) is 32.6 Å². The van der Waals surface area contributed by atoms with Crippen LogP contribution in [0.15, 0.2) is 48.8 Å². The second-order valence-electron chi connectivity index (χ2n) is 6.14. The van der Waals surface area contributed by atoms with Gasteiger partial charge in [0.25, 0.3) is 5.91 Å². The van der Waals surface area contributed by atoms with Crippen molar-refractivity contribution in [1.29, 1.82) is 0 Å². The molecule has 5 heteroatoms. The quantitative estimate of drug-likeness (QED) is 0.874. The van der Waals surface area contributed by atoms with E-state index in [1.165, 1.54) is 5.56 Å². The van der Waals surface area contributed by atoms with Crippen molar-refractivity contribution in [3.63, 3.8) is 0 Å². The lowest BCUT2D eigenvalue weighted by Crippen LogP contribution is -2.17. The average Bonchev–Trinajstić information content (AvgIpc) is 2.99. The molecule has 0 saturated carbocycles. The summed E-state index contributed by atoms with van der Waals surface area (Å²) in [5.41, 5.74) is 4.21. The second kappa shape index (κ2) is 6.35. The van der Waals surface area contributed by atoms with E-state index in [0.29, 0.717) is 17.3 Å². The van der Waals surface area contributed by atoms with Gasteiger partial charge in [-0.2, -0.15) is 5.10 Å². The predicted octanol–water partition coefficient (Wildman–Crippen LogP) is 4.45. The number of hydrogen-bond acceptors (Lipinski definition) is 3. The molecule has 0 bridgehead atoms. The van der Waals surface area contributed by atoms with Crippen molar-refractivity contribution in [1.82, 2.24) is 9.78 Å². The first kappa shape index (κ1) is 16.1. The van der Waals surface area contributed by atoms with Gasteiger partial charge in [-0.05, 0) is 43.0 Å². The van der Waals surface area contributed by atoms with Crippen molar-refractivity contribution < 1.29 is 4.79 Å². The van der Waals surface area contributed by atoms with Crippen molar-refractivity contribution in [2.24, 2.45) is 0 Å². The van der Waals surface area contributed by atoms with Crippen LogP contribution < -0.4 is 10.6 Å². The Kier molecular flexibility index (Phi) is 4.25. The number of carbonyl (C=O) groups is 1. The standard InChI is InChI=1S/C19H22N4O/c1-5-12(2)15-6-8-16(9-7-15)22-19(24)17-11-20-23-14(4)10-13(3)21-18(17)23/h6-12,21H,3,5H2,1-2,4H3,(H,22,24). The lowest BCUT2D eigenvalue weighted by Gasteiger charge is -2.17. The van der Waals surface area contributed by atoms with E-state index in [-0.39, 0.29) is 5.91 Å². The summed E-state index contributed by atoms with van der Waals surface area (Å²) in [5, 5.41) is 10.3. The zero-order valence-electron chi connectivity index (χ0n) is 14.3. The highest BCUT2D eigenvalue weighted by Crippen LogP contribution is 2.27. The molecule has 3 rings (SSSR count). The Labute approximate surface area is 142 Å². The number of aromatic nitrogens is 2. The Hall–Kier alpha value is -2.82. The third kappa shape index (κ3) is 2.97. The molecule has 1 aliphatic heterocycles. The maximum atomic E-state index is 12.6. The summed E-state index contributed by atoms with van der Waals surface area (Å²) in [4.78, 5) is 12.6. The van der Waals surface area contributed by atoms with Crippen LogP contribution in [0.4, 0.5) is 11.5 Å². The molecule has 0 saturated heterocycles. The molecule has 5 nitrogen and oxygen atoms in total. The molecule has 1 aliphatic rings. The molecule has 1 amide bonds. The van der Waals surface area contributed by atoms with Crippen molar-refractivity contribution in [3.8, 4) is 0 Å². The van der Waals surface area contributed by atoms with Crippen LogP contribution in [0.25, 0.3) is 5.70 Å². The average molecular weight is 322 g/mol. The van der Waals surface area contributed by atoms with Crippen molar-refractivity contribution in [2.75, 3.05) is 10.6 Å². The summed E-state index contributed by atoms with van der Waals surface area (Å²) < 4.78 is 1.70. The molecule has 0 fully saturated rings. The first-order chi connectivity index (χ1) is 11.5. The predicted molar refractivity (Wildman–Crippen MR) is 98.0 cm³/mol. The van der Waals surface area contributed by atoms with Crippen molar-refractivity contribution in [3.05, 3.63) is 59.9 Å². The Morgan fingerprint density at radius 2 is 2.08 bits per heavy atom. The number of nitrogens with zero attached hydrogens (tertiary/aromatic N) is 2. The number of rotatable bonds is 4. The SMILES string of the molecule is C=C1C=C(C)n2ncc(C(=O)Nc3ccc(C(C)CC)cc3)c2N1. The van der Waals surface area contributed by atoms with Crippen molar-refractivity contribution >= 4 is 23.1 Å². The summed E-state index contributed by atoms with van der Waals surface area (Å²) in [6.45, 7) is 10.2. The molecular formula is C19H22N4O. The fourth-order valence-corrected chi connectivity index (χ4v) is 2.73. The number of amides is 1. The smallest absolute Gasteiger partial charge is 0.261 e. The molecule has 2 aromatic rings. The Morgan fingerprint density at radius 3 is 2.75 bits per heavy atom. The van der Waals surface area contributed by atoms with Gasteiger partial charge in [0.2, 0.25) is 0 Å². The Balaban J connectivity index is 1.79. The summed E-state index contributed by atoms with van der Waals surface area (Å²) in [6.07, 6.45) is 4.55. The minimum absolute atomic E-state index is 0.192. The fraction of sp³-hybridized carbons (Fsp3) is 0.263. The van der Waals surface area contributed by atoms with Gasteiger partial charge < -0.3 is 10.6 Å². The monoisotopic (exact) mass is 322 g/mol. The van der Waals surface area contributed by atoms with E-state index in [1.54, 1.807) is 10.9 Å². The summed E-state index contributed by atoms with van der Waals surface area (Å²) in [6, 6.07) is 7.99. The first-order valence-electron chi connectivity index (χ1n) is 8.13. The lowest BCUT2D eigenvalue weighted by molar-refractivity contribution is 0.102. The Morgan fingerprint density at radius 1 is 1.38 bits per heavy atom. The summed E-state index contributed by atoms with van der Waals surface area (Å²) in [7, 11) is 0. The highest BCUT2D eigenvalue weighted by molar-refractivity contribution is 6.08. The van der Waals surface area contributed by atoms with Crippen LogP contribution >= 0.6 is 0 Å². The fourth-order valence-electron chi connectivity index (χ4n) is 2.73. The molecule has 2 heterocycles. The molecule has 0 spiro atoms. The van der Waals surface area contributed by atoms with E-state index in [4.69, 9.17) is 0 Å². The van der Waals surface area contributed by atoms with Crippen LogP contribution in [-0.4, -0.2) is 15.7 Å². The van der Waals surface area contributed by atoms with Gasteiger partial charge in [-0.3, -0.25) is 4.79 Å². The minimum atomic E-state index is -0.192. The molecule has 24 heavy (non-hydrogen) atoms. The van der Waals surface area contributed by atoms with Crippen LogP contribution in [0.3, 0.4) is 0 Å². The van der Waals surface area contributed by atoms with Gasteiger partial charge >= 0.3 is 0 Å². The minimum Gasteiger partial charge on any atom is -0.340 e. The number of fused-ring (bicyclic) bond motifs is 1. The molecular weight excluding hydrogens is 300 g/mol. The van der Waals surface area contributed by atoms with Gasteiger partial charge in [0.05, 0.1) is 6.20 Å². The molecule has 2 N–H and O–H groups in total. The molecule has 1 unspecified atom stereocenters. The number of hydrogen-bond donors (Lipinski definition) is 2. The summed E-state index contributed by atoms with van der Waals surface area (Å²) in [5.74, 6) is 0.971. The van der Waals surface area contributed by atoms with Crippen LogP contribution in [0, 0.1) is 0 Å². The van der Waals surface area contributed by atoms with E-state index in [9.17, 15) is 4.79 Å². The largest absolute Gasteiger partial charge is 0.340 e. The first-order valence-corrected chi connectivity index (χ1v) is 8.13. The molecule has 0 radical (unpaired) electrons. The zero-order valence-corrected chi connectivity index (χ0v) is 14.3. The van der Waals surface area contributed by atoms with Gasteiger partial charge in [-0.15, -0.1) is 0 Å². The molecule has 0 aliphatic carbocycles. The van der Waals surface area contributed by atoms with Crippen LogP contribution in [0.2, 0.25) is 0 Å². The maximum Gasteiger partial charge on any atom is 0.261 e. The maximum absolute atomic E-state index is 12.6. The number of benzene rings is 1. The third-order valence-electron chi connectivity index (χ3n) is 4.36. The molecule has 1 atom stereocenters.